The van der Waals surface area contributed by atoms with Gasteiger partial charge in [-0.1, -0.05) is 0 Å². The Morgan fingerprint density at radius 3 is 2.93 bits per heavy atom. The number of nitrogens with zero attached hydrogens (tertiary/aromatic N) is 2. The number of aliphatic hydroxyl groups is 1. The van der Waals surface area contributed by atoms with Crippen molar-refractivity contribution < 1.29 is 5.11 Å². The van der Waals surface area contributed by atoms with Crippen molar-refractivity contribution in [3.05, 3.63) is 16.4 Å². The van der Waals surface area contributed by atoms with E-state index in [4.69, 9.17) is 5.73 Å². The lowest BCUT2D eigenvalue weighted by Gasteiger charge is -2.23. The Bertz CT molecular complexity index is 332. The van der Waals surface area contributed by atoms with E-state index in [0.717, 1.165) is 16.6 Å². The molecule has 2 atom stereocenters. The summed E-state index contributed by atoms with van der Waals surface area (Å²) in [6.07, 6.45) is 3.91. The van der Waals surface area contributed by atoms with Gasteiger partial charge in [-0.05, 0) is 35.2 Å². The van der Waals surface area contributed by atoms with Crippen LogP contribution in [0.4, 0.5) is 0 Å². The summed E-state index contributed by atoms with van der Waals surface area (Å²) >= 11 is 3.40. The van der Waals surface area contributed by atoms with Crippen LogP contribution in [0.3, 0.4) is 0 Å². The lowest BCUT2D eigenvalue weighted by molar-refractivity contribution is 0.0339. The molecule has 1 aliphatic rings. The summed E-state index contributed by atoms with van der Waals surface area (Å²) in [5.74, 6) is 0. The van der Waals surface area contributed by atoms with Gasteiger partial charge in [0.1, 0.15) is 5.60 Å². The molecular formula is C9H14BrN3O. The van der Waals surface area contributed by atoms with Gasteiger partial charge in [0.25, 0.3) is 0 Å². The summed E-state index contributed by atoms with van der Waals surface area (Å²) in [4.78, 5) is 0. The molecule has 0 spiro atoms. The SMILES string of the molecule is Cn1ncc(Br)c1C1(O)CCC(N)C1. The molecule has 3 N–H and O–H groups in total. The highest BCUT2D eigenvalue weighted by Gasteiger charge is 2.40. The fourth-order valence-corrected chi connectivity index (χ4v) is 2.93. The smallest absolute Gasteiger partial charge is 0.109 e. The average molecular weight is 260 g/mol. The maximum absolute atomic E-state index is 10.4. The van der Waals surface area contributed by atoms with Gasteiger partial charge < -0.3 is 10.8 Å². The summed E-state index contributed by atoms with van der Waals surface area (Å²) in [5.41, 5.74) is 5.85. The van der Waals surface area contributed by atoms with Gasteiger partial charge in [0, 0.05) is 13.1 Å². The first-order valence-electron chi connectivity index (χ1n) is 4.69. The third-order valence-electron chi connectivity index (χ3n) is 2.86. The first-order chi connectivity index (χ1) is 6.53. The van der Waals surface area contributed by atoms with Crippen LogP contribution in [0.1, 0.15) is 25.0 Å². The first kappa shape index (κ1) is 10.1. The van der Waals surface area contributed by atoms with E-state index in [9.17, 15) is 5.11 Å². The van der Waals surface area contributed by atoms with Crippen LogP contribution in [0, 0.1) is 0 Å². The van der Waals surface area contributed by atoms with Crippen LogP contribution in [0.25, 0.3) is 0 Å². The van der Waals surface area contributed by atoms with Gasteiger partial charge in [-0.2, -0.15) is 5.10 Å². The molecule has 0 amide bonds. The van der Waals surface area contributed by atoms with Gasteiger partial charge in [-0.15, -0.1) is 0 Å². The fourth-order valence-electron chi connectivity index (χ4n) is 2.21. The number of aryl methyl sites for hydroxylation is 1. The Morgan fingerprint density at radius 1 is 1.79 bits per heavy atom. The standard InChI is InChI=1S/C9H14BrN3O/c1-13-8(7(10)5-12-13)9(14)3-2-6(11)4-9/h5-6,14H,2-4,11H2,1H3. The van der Waals surface area contributed by atoms with Crippen LogP contribution in [0.5, 0.6) is 0 Å². The molecule has 0 radical (unpaired) electrons. The van der Waals surface area contributed by atoms with Crippen molar-refractivity contribution in [3.63, 3.8) is 0 Å². The Kier molecular flexibility index (Phi) is 2.41. The summed E-state index contributed by atoms with van der Waals surface area (Å²) < 4.78 is 2.57. The summed E-state index contributed by atoms with van der Waals surface area (Å²) in [6.45, 7) is 0. The van der Waals surface area contributed by atoms with E-state index < -0.39 is 5.60 Å². The third kappa shape index (κ3) is 1.49. The molecule has 0 bridgehead atoms. The van der Waals surface area contributed by atoms with Gasteiger partial charge in [-0.25, -0.2) is 0 Å². The molecule has 1 aromatic rings. The van der Waals surface area contributed by atoms with Crippen molar-refractivity contribution in [2.45, 2.75) is 30.9 Å². The lowest BCUT2D eigenvalue weighted by atomic mass is 9.98. The molecule has 0 saturated heterocycles. The predicted octanol–water partition coefficient (Wildman–Crippen LogP) is 0.881. The zero-order chi connectivity index (χ0) is 10.3. The van der Waals surface area contributed by atoms with Crippen LogP contribution < -0.4 is 5.73 Å². The Balaban J connectivity index is 2.39. The molecule has 1 aliphatic carbocycles. The molecule has 0 aromatic carbocycles. The molecular weight excluding hydrogens is 246 g/mol. The number of hydrogen-bond acceptors (Lipinski definition) is 3. The largest absolute Gasteiger partial charge is 0.383 e. The lowest BCUT2D eigenvalue weighted by Crippen LogP contribution is -2.28. The highest BCUT2D eigenvalue weighted by atomic mass is 79.9. The number of aromatic nitrogens is 2. The normalized spacial score (nSPS) is 32.4. The second kappa shape index (κ2) is 3.32. The predicted molar refractivity (Wildman–Crippen MR) is 56.6 cm³/mol. The number of nitrogens with two attached hydrogens (primary N) is 1. The summed E-state index contributed by atoms with van der Waals surface area (Å²) in [5, 5.41) is 14.5. The molecule has 0 aliphatic heterocycles. The summed E-state index contributed by atoms with van der Waals surface area (Å²) in [6, 6.07) is 0.0989. The Hall–Kier alpha value is -0.390. The van der Waals surface area contributed by atoms with E-state index in [2.05, 4.69) is 21.0 Å². The third-order valence-corrected chi connectivity index (χ3v) is 3.44. The van der Waals surface area contributed by atoms with Gasteiger partial charge in [0.15, 0.2) is 0 Å². The first-order valence-corrected chi connectivity index (χ1v) is 5.48. The highest BCUT2D eigenvalue weighted by molar-refractivity contribution is 9.10. The highest BCUT2D eigenvalue weighted by Crippen LogP contribution is 2.40. The minimum Gasteiger partial charge on any atom is -0.383 e. The van der Waals surface area contributed by atoms with E-state index in [1.54, 1.807) is 10.9 Å². The van der Waals surface area contributed by atoms with E-state index in [1.807, 2.05) is 7.05 Å². The van der Waals surface area contributed by atoms with Gasteiger partial charge >= 0.3 is 0 Å². The zero-order valence-electron chi connectivity index (χ0n) is 8.07. The second-order valence-electron chi connectivity index (χ2n) is 4.00. The maximum atomic E-state index is 10.4. The fraction of sp³-hybridized carbons (Fsp3) is 0.667. The molecule has 1 heterocycles. The Labute approximate surface area is 91.2 Å². The van der Waals surface area contributed by atoms with Crippen molar-refractivity contribution in [2.24, 2.45) is 12.8 Å². The van der Waals surface area contributed by atoms with Crippen LogP contribution in [-0.2, 0) is 12.6 Å². The van der Waals surface area contributed by atoms with E-state index in [1.165, 1.54) is 0 Å². The molecule has 2 rings (SSSR count). The van der Waals surface area contributed by atoms with Gasteiger partial charge in [0.05, 0.1) is 16.4 Å². The van der Waals surface area contributed by atoms with Gasteiger partial charge in [-0.3, -0.25) is 4.68 Å². The molecule has 4 nitrogen and oxygen atoms in total. The van der Waals surface area contributed by atoms with Crippen molar-refractivity contribution in [1.82, 2.24) is 9.78 Å². The molecule has 5 heteroatoms. The van der Waals surface area contributed by atoms with Crippen LogP contribution in [0.15, 0.2) is 10.7 Å². The molecule has 1 fully saturated rings. The average Bonchev–Trinajstić information content (AvgIpc) is 2.58. The summed E-state index contributed by atoms with van der Waals surface area (Å²) in [7, 11) is 1.84. The minimum absolute atomic E-state index is 0.0989. The second-order valence-corrected chi connectivity index (χ2v) is 4.85. The molecule has 78 valence electrons. The molecule has 1 saturated carbocycles. The molecule has 14 heavy (non-hydrogen) atoms. The van der Waals surface area contributed by atoms with Crippen LogP contribution in [0.2, 0.25) is 0 Å². The van der Waals surface area contributed by atoms with Crippen molar-refractivity contribution in [1.29, 1.82) is 0 Å². The van der Waals surface area contributed by atoms with Crippen LogP contribution >= 0.6 is 15.9 Å². The number of rotatable bonds is 1. The monoisotopic (exact) mass is 259 g/mol. The quantitative estimate of drug-likeness (QED) is 0.787. The van der Waals surface area contributed by atoms with Crippen LogP contribution in [-0.4, -0.2) is 20.9 Å². The Morgan fingerprint density at radius 2 is 2.50 bits per heavy atom. The minimum atomic E-state index is -0.802. The van der Waals surface area contributed by atoms with Gasteiger partial charge in [0.2, 0.25) is 0 Å². The number of hydrogen-bond donors (Lipinski definition) is 2. The van der Waals surface area contributed by atoms with Crippen molar-refractivity contribution in [3.8, 4) is 0 Å². The van der Waals surface area contributed by atoms with E-state index >= 15 is 0 Å². The van der Waals surface area contributed by atoms with Crippen molar-refractivity contribution in [2.75, 3.05) is 0 Å². The van der Waals surface area contributed by atoms with Crippen molar-refractivity contribution >= 4 is 15.9 Å². The topological polar surface area (TPSA) is 64.1 Å². The number of halogens is 1. The zero-order valence-corrected chi connectivity index (χ0v) is 9.66. The molecule has 2 unspecified atom stereocenters. The van der Waals surface area contributed by atoms with E-state index in [-0.39, 0.29) is 6.04 Å². The van der Waals surface area contributed by atoms with E-state index in [0.29, 0.717) is 12.8 Å². The molecule has 1 aromatic heterocycles. The maximum Gasteiger partial charge on any atom is 0.109 e.